The maximum Gasteiger partial charge on any atom is 0.191 e. The van der Waals surface area contributed by atoms with E-state index in [1.807, 2.05) is 4.57 Å². The molecule has 2 rings (SSSR count). The van der Waals surface area contributed by atoms with Gasteiger partial charge in [0.05, 0.1) is 6.10 Å². The summed E-state index contributed by atoms with van der Waals surface area (Å²) in [5.74, 6) is 2.37. The van der Waals surface area contributed by atoms with Crippen molar-refractivity contribution in [3.8, 4) is 5.75 Å². The van der Waals surface area contributed by atoms with Crippen molar-refractivity contribution in [2.45, 2.75) is 66.2 Å². The van der Waals surface area contributed by atoms with Gasteiger partial charge in [-0.2, -0.15) is 0 Å². The molecule has 2 N–H and O–H groups in total. The molecule has 8 heteroatoms. The number of hydrogen-bond donors (Lipinski definition) is 2. The highest BCUT2D eigenvalue weighted by atomic mass is 127. The Balaban J connectivity index is 0.00000450. The quantitative estimate of drug-likeness (QED) is 0.198. The molecule has 0 fully saturated rings. The summed E-state index contributed by atoms with van der Waals surface area (Å²) in [5.41, 5.74) is 2.35. The Labute approximate surface area is 198 Å². The molecular formula is C22H37IN6O. The van der Waals surface area contributed by atoms with Crippen molar-refractivity contribution >= 4 is 29.9 Å². The standard InChI is InChI=1S/C22H36N6O.HI/c1-17(2)12-19(4)29-21-13-18(3)8-9-20(21)14-25-22(23-5)24-10-6-7-11-28-15-26-27-16-28;/h8-9,13,15-17,19H,6-7,10-12,14H2,1-5H3,(H2,23,24,25);1H. The van der Waals surface area contributed by atoms with Crippen molar-refractivity contribution < 1.29 is 4.74 Å². The zero-order valence-corrected chi connectivity index (χ0v) is 21.2. The topological polar surface area (TPSA) is 76.4 Å². The Hall–Kier alpha value is -1.84. The van der Waals surface area contributed by atoms with Crippen molar-refractivity contribution in [2.75, 3.05) is 13.6 Å². The van der Waals surface area contributed by atoms with Crippen LogP contribution in [0.25, 0.3) is 0 Å². The first kappa shape index (κ1) is 26.2. The van der Waals surface area contributed by atoms with Crippen LogP contribution in [0.3, 0.4) is 0 Å². The van der Waals surface area contributed by atoms with Crippen LogP contribution in [-0.2, 0) is 13.1 Å². The summed E-state index contributed by atoms with van der Waals surface area (Å²) in [4.78, 5) is 4.33. The van der Waals surface area contributed by atoms with Crippen LogP contribution < -0.4 is 15.4 Å². The lowest BCUT2D eigenvalue weighted by Gasteiger charge is -2.20. The largest absolute Gasteiger partial charge is 0.490 e. The zero-order chi connectivity index (χ0) is 21.1. The van der Waals surface area contributed by atoms with Gasteiger partial charge in [-0.25, -0.2) is 0 Å². The number of unbranched alkanes of at least 4 members (excludes halogenated alkanes) is 1. The molecule has 0 saturated carbocycles. The average molecular weight is 528 g/mol. The molecule has 0 bridgehead atoms. The van der Waals surface area contributed by atoms with E-state index in [1.165, 1.54) is 5.56 Å². The summed E-state index contributed by atoms with van der Waals surface area (Å²) < 4.78 is 8.23. The van der Waals surface area contributed by atoms with Crippen molar-refractivity contribution in [3.63, 3.8) is 0 Å². The lowest BCUT2D eigenvalue weighted by molar-refractivity contribution is 0.191. The van der Waals surface area contributed by atoms with Crippen LogP contribution in [0.2, 0.25) is 0 Å². The predicted molar refractivity (Wildman–Crippen MR) is 134 cm³/mol. The number of aromatic nitrogens is 3. The fraction of sp³-hybridized carbons (Fsp3) is 0.591. The van der Waals surface area contributed by atoms with E-state index < -0.39 is 0 Å². The molecule has 168 valence electrons. The second-order valence-corrected chi connectivity index (χ2v) is 7.93. The predicted octanol–water partition coefficient (Wildman–Crippen LogP) is 4.16. The Kier molecular flexibility index (Phi) is 12.4. The van der Waals surface area contributed by atoms with Crippen molar-refractivity contribution in [3.05, 3.63) is 42.0 Å². The minimum atomic E-state index is 0. The van der Waals surface area contributed by atoms with E-state index in [-0.39, 0.29) is 30.1 Å². The van der Waals surface area contributed by atoms with Crippen molar-refractivity contribution in [1.82, 2.24) is 25.4 Å². The molecule has 0 aliphatic heterocycles. The van der Waals surface area contributed by atoms with Gasteiger partial charge in [0.1, 0.15) is 18.4 Å². The van der Waals surface area contributed by atoms with Crippen molar-refractivity contribution in [1.29, 1.82) is 0 Å². The Morgan fingerprint density at radius 2 is 1.87 bits per heavy atom. The summed E-state index contributed by atoms with van der Waals surface area (Å²) in [6.45, 7) is 11.1. The lowest BCUT2D eigenvalue weighted by Crippen LogP contribution is -2.37. The highest BCUT2D eigenvalue weighted by Gasteiger charge is 2.11. The zero-order valence-electron chi connectivity index (χ0n) is 18.9. The van der Waals surface area contributed by atoms with Gasteiger partial charge in [-0.3, -0.25) is 4.99 Å². The molecule has 0 saturated heterocycles. The molecule has 0 radical (unpaired) electrons. The van der Waals surface area contributed by atoms with Crippen LogP contribution in [0.5, 0.6) is 5.75 Å². The molecule has 0 aliphatic rings. The maximum atomic E-state index is 6.24. The monoisotopic (exact) mass is 528 g/mol. The smallest absolute Gasteiger partial charge is 0.191 e. The fourth-order valence-electron chi connectivity index (χ4n) is 3.21. The molecule has 1 aromatic heterocycles. The van der Waals surface area contributed by atoms with E-state index in [9.17, 15) is 0 Å². The number of nitrogens with one attached hydrogen (secondary N) is 2. The number of ether oxygens (including phenoxy) is 1. The molecule has 7 nitrogen and oxygen atoms in total. The van der Waals surface area contributed by atoms with Gasteiger partial charge >= 0.3 is 0 Å². The van der Waals surface area contributed by atoms with Crippen LogP contribution >= 0.6 is 24.0 Å². The second kappa shape index (κ2) is 14.2. The summed E-state index contributed by atoms with van der Waals surface area (Å²) in [6.07, 6.45) is 6.84. The molecule has 1 heterocycles. The van der Waals surface area contributed by atoms with E-state index in [4.69, 9.17) is 4.74 Å². The lowest BCUT2D eigenvalue weighted by atomic mass is 10.1. The molecule has 0 amide bonds. The summed E-state index contributed by atoms with van der Waals surface area (Å²) in [6, 6.07) is 6.37. The summed E-state index contributed by atoms with van der Waals surface area (Å²) in [5, 5.41) is 14.4. The summed E-state index contributed by atoms with van der Waals surface area (Å²) >= 11 is 0. The SMILES string of the molecule is CN=C(NCCCCn1cnnc1)NCc1ccc(C)cc1OC(C)CC(C)C.I. The van der Waals surface area contributed by atoms with E-state index >= 15 is 0 Å². The Morgan fingerprint density at radius 3 is 2.53 bits per heavy atom. The number of nitrogens with zero attached hydrogens (tertiary/aromatic N) is 4. The summed E-state index contributed by atoms with van der Waals surface area (Å²) in [7, 11) is 1.80. The molecule has 30 heavy (non-hydrogen) atoms. The fourth-order valence-corrected chi connectivity index (χ4v) is 3.21. The van der Waals surface area contributed by atoms with Crippen LogP contribution in [-0.4, -0.2) is 40.4 Å². The van der Waals surface area contributed by atoms with Crippen LogP contribution in [0.15, 0.2) is 35.8 Å². The highest BCUT2D eigenvalue weighted by Crippen LogP contribution is 2.23. The second-order valence-electron chi connectivity index (χ2n) is 7.93. The van der Waals surface area contributed by atoms with Crippen LogP contribution in [0.1, 0.15) is 51.2 Å². The number of aryl methyl sites for hydroxylation is 2. The molecule has 1 atom stereocenters. The number of benzene rings is 1. The average Bonchev–Trinajstić information content (AvgIpc) is 3.18. The first-order chi connectivity index (χ1) is 14.0. The normalized spacial score (nSPS) is 12.4. The third-order valence-corrected chi connectivity index (χ3v) is 4.63. The number of hydrogen-bond acceptors (Lipinski definition) is 4. The molecule has 0 spiro atoms. The maximum absolute atomic E-state index is 6.24. The molecular weight excluding hydrogens is 491 g/mol. The minimum absolute atomic E-state index is 0. The van der Waals surface area contributed by atoms with Crippen molar-refractivity contribution in [2.24, 2.45) is 10.9 Å². The minimum Gasteiger partial charge on any atom is -0.490 e. The van der Waals surface area contributed by atoms with Gasteiger partial charge in [-0.15, -0.1) is 34.2 Å². The van der Waals surface area contributed by atoms with Gasteiger partial charge in [0.15, 0.2) is 5.96 Å². The van der Waals surface area contributed by atoms with E-state index in [1.54, 1.807) is 19.7 Å². The van der Waals surface area contributed by atoms with E-state index in [2.05, 4.69) is 71.7 Å². The Bertz CT molecular complexity index is 748. The molecule has 0 aliphatic carbocycles. The van der Waals surface area contributed by atoms with Gasteiger partial charge in [-0.1, -0.05) is 26.0 Å². The van der Waals surface area contributed by atoms with Crippen LogP contribution in [0.4, 0.5) is 0 Å². The first-order valence-electron chi connectivity index (χ1n) is 10.5. The van der Waals surface area contributed by atoms with Crippen LogP contribution in [0, 0.1) is 12.8 Å². The molecule has 1 aromatic carbocycles. The van der Waals surface area contributed by atoms with Gasteiger partial charge in [0, 0.05) is 32.2 Å². The third kappa shape index (κ3) is 9.77. The highest BCUT2D eigenvalue weighted by molar-refractivity contribution is 14.0. The number of halogens is 1. The van der Waals surface area contributed by atoms with Gasteiger partial charge in [-0.05, 0) is 50.7 Å². The number of rotatable bonds is 11. The van der Waals surface area contributed by atoms with Gasteiger partial charge in [0.2, 0.25) is 0 Å². The van der Waals surface area contributed by atoms with E-state index in [0.29, 0.717) is 12.5 Å². The van der Waals surface area contributed by atoms with Gasteiger partial charge < -0.3 is 19.9 Å². The number of aliphatic imine (C=N–C) groups is 1. The Morgan fingerprint density at radius 1 is 1.13 bits per heavy atom. The number of guanidine groups is 1. The van der Waals surface area contributed by atoms with Gasteiger partial charge in [0.25, 0.3) is 0 Å². The van der Waals surface area contributed by atoms with E-state index in [0.717, 1.165) is 49.6 Å². The first-order valence-corrected chi connectivity index (χ1v) is 10.5. The third-order valence-electron chi connectivity index (χ3n) is 4.63. The molecule has 2 aromatic rings. The molecule has 1 unspecified atom stereocenters.